The molecule has 0 aliphatic carbocycles. The molecular formula is C23H24N2O3S. The van der Waals surface area contributed by atoms with E-state index in [1.807, 2.05) is 42.5 Å². The number of hydrogen-bond donors (Lipinski definition) is 0. The van der Waals surface area contributed by atoms with Crippen LogP contribution in [-0.4, -0.2) is 33.8 Å². The largest absolute Gasteiger partial charge is 0.376 e. The van der Waals surface area contributed by atoms with Crippen LogP contribution in [0.5, 0.6) is 0 Å². The Hall–Kier alpha value is -2.44. The number of thioether (sulfide) groups is 1. The lowest BCUT2D eigenvalue weighted by Gasteiger charge is -2.16. The third-order valence-corrected chi connectivity index (χ3v) is 6.23. The Labute approximate surface area is 174 Å². The topological polar surface area (TPSA) is 61.2 Å². The summed E-state index contributed by atoms with van der Waals surface area (Å²) in [6.07, 6.45) is 2.91. The molecule has 29 heavy (non-hydrogen) atoms. The SMILES string of the molecule is CCc1ccc(C(=O)CSc2nc3ccccc3c(=O)n2C[C@@H]2CCCO2)cc1. The Morgan fingerprint density at radius 2 is 2.00 bits per heavy atom. The zero-order chi connectivity index (χ0) is 20.2. The molecule has 4 rings (SSSR count). The van der Waals surface area contributed by atoms with Crippen LogP contribution in [0, 0.1) is 0 Å². The summed E-state index contributed by atoms with van der Waals surface area (Å²) in [4.78, 5) is 30.4. The highest BCUT2D eigenvalue weighted by Gasteiger charge is 2.20. The number of rotatable bonds is 7. The average molecular weight is 409 g/mol. The lowest BCUT2D eigenvalue weighted by atomic mass is 10.1. The summed E-state index contributed by atoms with van der Waals surface area (Å²) in [5, 5.41) is 1.17. The van der Waals surface area contributed by atoms with E-state index < -0.39 is 0 Å². The van der Waals surface area contributed by atoms with Gasteiger partial charge in [-0.15, -0.1) is 0 Å². The van der Waals surface area contributed by atoms with Gasteiger partial charge in [-0.3, -0.25) is 14.2 Å². The van der Waals surface area contributed by atoms with Gasteiger partial charge in [-0.2, -0.15) is 0 Å². The Bertz CT molecular complexity index is 1070. The third kappa shape index (κ3) is 4.43. The van der Waals surface area contributed by atoms with Crippen LogP contribution < -0.4 is 5.56 Å². The van der Waals surface area contributed by atoms with E-state index in [1.54, 1.807) is 10.6 Å². The quantitative estimate of drug-likeness (QED) is 0.334. The number of carbonyl (C=O) groups is 1. The summed E-state index contributed by atoms with van der Waals surface area (Å²) in [5.74, 6) is 0.269. The highest BCUT2D eigenvalue weighted by molar-refractivity contribution is 7.99. The van der Waals surface area contributed by atoms with Crippen LogP contribution >= 0.6 is 11.8 Å². The number of carbonyl (C=O) groups excluding carboxylic acids is 1. The lowest BCUT2D eigenvalue weighted by molar-refractivity contribution is 0.0937. The molecule has 0 unspecified atom stereocenters. The summed E-state index contributed by atoms with van der Waals surface area (Å²) in [6, 6.07) is 15.1. The van der Waals surface area contributed by atoms with Gasteiger partial charge in [0.05, 0.1) is 29.3 Å². The molecule has 3 aromatic rings. The predicted octanol–water partition coefficient (Wildman–Crippen LogP) is 4.11. The second-order valence-corrected chi connectivity index (χ2v) is 8.17. The molecule has 0 bridgehead atoms. The van der Waals surface area contributed by atoms with E-state index in [-0.39, 0.29) is 23.2 Å². The first-order valence-corrected chi connectivity index (χ1v) is 11.0. The van der Waals surface area contributed by atoms with Crippen molar-refractivity contribution in [2.24, 2.45) is 0 Å². The molecule has 1 atom stereocenters. The molecule has 1 saturated heterocycles. The van der Waals surface area contributed by atoms with Crippen molar-refractivity contribution in [1.29, 1.82) is 0 Å². The number of aryl methyl sites for hydroxylation is 1. The number of benzene rings is 2. The molecule has 0 amide bonds. The molecule has 2 aromatic carbocycles. The highest BCUT2D eigenvalue weighted by Crippen LogP contribution is 2.22. The maximum atomic E-state index is 13.1. The summed E-state index contributed by atoms with van der Waals surface area (Å²) in [7, 11) is 0. The Morgan fingerprint density at radius 3 is 2.72 bits per heavy atom. The first-order valence-electron chi connectivity index (χ1n) is 10.0. The molecule has 150 valence electrons. The van der Waals surface area contributed by atoms with Gasteiger partial charge < -0.3 is 4.74 Å². The van der Waals surface area contributed by atoms with Crippen LogP contribution in [-0.2, 0) is 17.7 Å². The molecule has 0 N–H and O–H groups in total. The monoisotopic (exact) mass is 408 g/mol. The van der Waals surface area contributed by atoms with Gasteiger partial charge in [0.15, 0.2) is 10.9 Å². The zero-order valence-corrected chi connectivity index (χ0v) is 17.3. The minimum absolute atomic E-state index is 0.0206. The van der Waals surface area contributed by atoms with Crippen LogP contribution in [0.2, 0.25) is 0 Å². The number of ether oxygens (including phenoxy) is 1. The van der Waals surface area contributed by atoms with E-state index in [9.17, 15) is 9.59 Å². The van der Waals surface area contributed by atoms with Crippen molar-refractivity contribution in [1.82, 2.24) is 9.55 Å². The van der Waals surface area contributed by atoms with Gasteiger partial charge in [0.1, 0.15) is 0 Å². The molecule has 1 aliphatic rings. The van der Waals surface area contributed by atoms with Crippen LogP contribution in [0.3, 0.4) is 0 Å². The van der Waals surface area contributed by atoms with Crippen molar-refractivity contribution in [3.63, 3.8) is 0 Å². The maximum absolute atomic E-state index is 13.1. The second-order valence-electron chi connectivity index (χ2n) is 7.22. The molecule has 1 aromatic heterocycles. The number of aromatic nitrogens is 2. The molecule has 0 saturated carbocycles. The average Bonchev–Trinajstić information content (AvgIpc) is 3.27. The molecule has 5 nitrogen and oxygen atoms in total. The minimum Gasteiger partial charge on any atom is -0.376 e. The van der Waals surface area contributed by atoms with Gasteiger partial charge in [-0.25, -0.2) is 4.98 Å². The van der Waals surface area contributed by atoms with Gasteiger partial charge in [0.25, 0.3) is 5.56 Å². The molecular weight excluding hydrogens is 384 g/mol. The fourth-order valence-electron chi connectivity index (χ4n) is 3.55. The molecule has 0 radical (unpaired) electrons. The smallest absolute Gasteiger partial charge is 0.262 e. The van der Waals surface area contributed by atoms with Crippen molar-refractivity contribution >= 4 is 28.4 Å². The molecule has 2 heterocycles. The van der Waals surface area contributed by atoms with E-state index in [4.69, 9.17) is 4.74 Å². The van der Waals surface area contributed by atoms with Gasteiger partial charge in [0, 0.05) is 12.2 Å². The van der Waals surface area contributed by atoms with Crippen LogP contribution in [0.25, 0.3) is 10.9 Å². The van der Waals surface area contributed by atoms with Crippen molar-refractivity contribution < 1.29 is 9.53 Å². The van der Waals surface area contributed by atoms with Gasteiger partial charge in [0.2, 0.25) is 0 Å². The van der Waals surface area contributed by atoms with Gasteiger partial charge in [-0.05, 0) is 37.0 Å². The van der Waals surface area contributed by atoms with E-state index in [0.29, 0.717) is 28.2 Å². The summed E-state index contributed by atoms with van der Waals surface area (Å²) in [5.41, 5.74) is 2.47. The normalized spacial score (nSPS) is 16.4. The van der Waals surface area contributed by atoms with Crippen LogP contribution in [0.1, 0.15) is 35.7 Å². The highest BCUT2D eigenvalue weighted by atomic mass is 32.2. The lowest BCUT2D eigenvalue weighted by Crippen LogP contribution is -2.29. The van der Waals surface area contributed by atoms with E-state index in [0.717, 1.165) is 25.9 Å². The number of para-hydroxylation sites is 1. The molecule has 1 fully saturated rings. The summed E-state index contributed by atoms with van der Waals surface area (Å²) >= 11 is 1.32. The van der Waals surface area contributed by atoms with Crippen molar-refractivity contribution in [3.05, 3.63) is 70.0 Å². The third-order valence-electron chi connectivity index (χ3n) is 5.25. The Kier molecular flexibility index (Phi) is 6.11. The van der Waals surface area contributed by atoms with E-state index >= 15 is 0 Å². The van der Waals surface area contributed by atoms with E-state index in [2.05, 4.69) is 11.9 Å². The summed E-state index contributed by atoms with van der Waals surface area (Å²) < 4.78 is 7.41. The molecule has 6 heteroatoms. The van der Waals surface area contributed by atoms with Crippen LogP contribution in [0.15, 0.2) is 58.5 Å². The van der Waals surface area contributed by atoms with Crippen molar-refractivity contribution in [3.8, 4) is 0 Å². The molecule has 1 aliphatic heterocycles. The zero-order valence-electron chi connectivity index (χ0n) is 16.5. The Morgan fingerprint density at radius 1 is 1.21 bits per heavy atom. The minimum atomic E-state index is -0.0756. The van der Waals surface area contributed by atoms with Crippen LogP contribution in [0.4, 0.5) is 0 Å². The Balaban J connectivity index is 1.60. The van der Waals surface area contributed by atoms with Gasteiger partial charge >= 0.3 is 0 Å². The fourth-order valence-corrected chi connectivity index (χ4v) is 4.45. The predicted molar refractivity (Wildman–Crippen MR) is 116 cm³/mol. The first-order chi connectivity index (χ1) is 14.2. The number of hydrogen-bond acceptors (Lipinski definition) is 5. The first kappa shape index (κ1) is 19.9. The van der Waals surface area contributed by atoms with Crippen molar-refractivity contribution in [2.45, 2.75) is 44.0 Å². The van der Waals surface area contributed by atoms with Crippen molar-refractivity contribution in [2.75, 3.05) is 12.4 Å². The number of ketones is 1. The number of Topliss-reactive ketones (excluding diaryl/α,β-unsaturated/α-hetero) is 1. The standard InChI is InChI=1S/C23H24N2O3S/c1-2-16-9-11-17(12-10-16)21(26)15-29-23-24-20-8-4-3-7-19(20)22(27)25(23)14-18-6-5-13-28-18/h3-4,7-12,18H,2,5-6,13-15H2,1H3/t18-/m0/s1. The number of nitrogens with zero attached hydrogens (tertiary/aromatic N) is 2. The molecule has 0 spiro atoms. The maximum Gasteiger partial charge on any atom is 0.262 e. The van der Waals surface area contributed by atoms with E-state index in [1.165, 1.54) is 17.3 Å². The summed E-state index contributed by atoms with van der Waals surface area (Å²) in [6.45, 7) is 3.29. The van der Waals surface area contributed by atoms with Gasteiger partial charge in [-0.1, -0.05) is 55.1 Å². The fraction of sp³-hybridized carbons (Fsp3) is 0.348. The number of fused-ring (bicyclic) bond motifs is 1. The second kappa shape index (κ2) is 8.93.